The van der Waals surface area contributed by atoms with Crippen molar-refractivity contribution in [3.05, 3.63) is 39.2 Å². The zero-order valence-corrected chi connectivity index (χ0v) is 18.8. The molecule has 1 aliphatic rings. The molecule has 3 rings (SSSR count). The lowest BCUT2D eigenvalue weighted by atomic mass is 9.91. The third kappa shape index (κ3) is 3.91. The molecule has 0 saturated heterocycles. The van der Waals surface area contributed by atoms with Crippen LogP contribution in [0.1, 0.15) is 23.6 Å². The van der Waals surface area contributed by atoms with Crippen LogP contribution in [-0.2, 0) is 26.0 Å². The molecule has 7 nitrogen and oxygen atoms in total. The third-order valence-electron chi connectivity index (χ3n) is 4.65. The van der Waals surface area contributed by atoms with Crippen molar-refractivity contribution < 1.29 is 27.4 Å². The average Bonchev–Trinajstić information content (AvgIpc) is 3.13. The van der Waals surface area contributed by atoms with Crippen molar-refractivity contribution in [1.82, 2.24) is 4.31 Å². The SMILES string of the molecule is COC(=O)CC1c2cc(OC)c(OC)cc2CCN1S(=O)(=O)c1ccc(Br)s1. The van der Waals surface area contributed by atoms with E-state index in [-0.39, 0.29) is 17.2 Å². The second kappa shape index (κ2) is 8.40. The summed E-state index contributed by atoms with van der Waals surface area (Å²) in [7, 11) is 0.567. The quantitative estimate of drug-likeness (QED) is 0.578. The molecule has 1 atom stereocenters. The largest absolute Gasteiger partial charge is 0.493 e. The number of hydrogen-bond donors (Lipinski definition) is 0. The smallest absolute Gasteiger partial charge is 0.307 e. The van der Waals surface area contributed by atoms with Crippen LogP contribution >= 0.6 is 27.3 Å². The van der Waals surface area contributed by atoms with Gasteiger partial charge in [0.1, 0.15) is 4.21 Å². The standard InChI is InChI=1S/C18H20BrNO6S2/c1-24-14-8-11-6-7-20(28(22,23)18-5-4-16(19)27-18)13(10-17(21)26-3)12(11)9-15(14)25-2/h4-5,8-9,13H,6-7,10H2,1-3H3. The Kier molecular flexibility index (Phi) is 6.33. The van der Waals surface area contributed by atoms with Crippen LogP contribution in [0, 0.1) is 0 Å². The minimum Gasteiger partial charge on any atom is -0.493 e. The highest BCUT2D eigenvalue weighted by Gasteiger charge is 2.39. The number of nitrogens with zero attached hydrogens (tertiary/aromatic N) is 1. The van der Waals surface area contributed by atoms with Crippen molar-refractivity contribution in [1.29, 1.82) is 0 Å². The summed E-state index contributed by atoms with van der Waals surface area (Å²) in [6, 6.07) is 6.14. The highest BCUT2D eigenvalue weighted by atomic mass is 79.9. The number of benzene rings is 1. The maximum atomic E-state index is 13.3. The summed E-state index contributed by atoms with van der Waals surface area (Å²) in [6.45, 7) is 0.252. The van der Waals surface area contributed by atoms with Crippen LogP contribution in [0.4, 0.5) is 0 Å². The lowest BCUT2D eigenvalue weighted by Crippen LogP contribution is -2.40. The first-order valence-corrected chi connectivity index (χ1v) is 11.5. The molecule has 0 fully saturated rings. The van der Waals surface area contributed by atoms with Crippen molar-refractivity contribution in [2.75, 3.05) is 27.9 Å². The maximum Gasteiger partial charge on any atom is 0.307 e. The zero-order valence-electron chi connectivity index (χ0n) is 15.6. The Morgan fingerprint density at radius 1 is 1.21 bits per heavy atom. The molecule has 10 heteroatoms. The van der Waals surface area contributed by atoms with Crippen molar-refractivity contribution >= 4 is 43.3 Å². The molecular formula is C18H20BrNO6S2. The molecule has 2 heterocycles. The third-order valence-corrected chi connectivity index (χ3v) is 8.65. The Bertz CT molecular complexity index is 988. The summed E-state index contributed by atoms with van der Waals surface area (Å²) in [5.41, 5.74) is 1.64. The lowest BCUT2D eigenvalue weighted by Gasteiger charge is -2.36. The van der Waals surface area contributed by atoms with E-state index >= 15 is 0 Å². The molecular weight excluding hydrogens is 470 g/mol. The normalized spacial score (nSPS) is 17.1. The summed E-state index contributed by atoms with van der Waals surface area (Å²) < 4.78 is 44.4. The lowest BCUT2D eigenvalue weighted by molar-refractivity contribution is -0.141. The molecule has 2 aromatic rings. The Hall–Kier alpha value is -1.62. The molecule has 0 saturated carbocycles. The zero-order chi connectivity index (χ0) is 20.5. The number of sulfonamides is 1. The highest BCUT2D eigenvalue weighted by Crippen LogP contribution is 2.42. The predicted molar refractivity (Wildman–Crippen MR) is 109 cm³/mol. The fourth-order valence-corrected chi connectivity index (χ4v) is 7.04. The first-order valence-electron chi connectivity index (χ1n) is 8.40. The van der Waals surface area contributed by atoms with E-state index in [2.05, 4.69) is 15.9 Å². The summed E-state index contributed by atoms with van der Waals surface area (Å²) in [5.74, 6) is 0.561. The van der Waals surface area contributed by atoms with Gasteiger partial charge in [-0.25, -0.2) is 8.42 Å². The van der Waals surface area contributed by atoms with E-state index in [1.807, 2.05) is 6.07 Å². The predicted octanol–water partition coefficient (Wildman–Crippen LogP) is 3.38. The fraction of sp³-hybridized carbons (Fsp3) is 0.389. The van der Waals surface area contributed by atoms with Gasteiger partial charge in [0, 0.05) is 6.54 Å². The summed E-state index contributed by atoms with van der Waals surface area (Å²) in [6.07, 6.45) is 0.407. The molecule has 0 amide bonds. The molecule has 28 heavy (non-hydrogen) atoms. The van der Waals surface area contributed by atoms with Gasteiger partial charge in [0.2, 0.25) is 0 Å². The fourth-order valence-electron chi connectivity index (χ4n) is 3.30. The van der Waals surface area contributed by atoms with Crippen LogP contribution in [-0.4, -0.2) is 46.6 Å². The van der Waals surface area contributed by atoms with E-state index in [9.17, 15) is 13.2 Å². The number of rotatable bonds is 6. The molecule has 1 aromatic carbocycles. The first-order chi connectivity index (χ1) is 13.3. The van der Waals surface area contributed by atoms with E-state index in [4.69, 9.17) is 14.2 Å². The summed E-state index contributed by atoms with van der Waals surface area (Å²) in [4.78, 5) is 12.1. The molecule has 1 unspecified atom stereocenters. The maximum absolute atomic E-state index is 13.3. The van der Waals surface area contributed by atoms with Gasteiger partial charge in [0.15, 0.2) is 11.5 Å². The van der Waals surface area contributed by atoms with Gasteiger partial charge >= 0.3 is 5.97 Å². The molecule has 0 bridgehead atoms. The highest BCUT2D eigenvalue weighted by molar-refractivity contribution is 9.11. The van der Waals surface area contributed by atoms with Gasteiger partial charge in [-0.2, -0.15) is 4.31 Å². The molecule has 0 aliphatic carbocycles. The summed E-state index contributed by atoms with van der Waals surface area (Å²) >= 11 is 4.44. The van der Waals surface area contributed by atoms with Gasteiger partial charge in [-0.1, -0.05) is 0 Å². The van der Waals surface area contributed by atoms with Crippen molar-refractivity contribution in [3.63, 3.8) is 0 Å². The molecule has 1 aliphatic heterocycles. The Balaban J connectivity index is 2.11. The molecule has 0 spiro atoms. The van der Waals surface area contributed by atoms with Gasteiger partial charge in [-0.3, -0.25) is 4.79 Å². The number of halogens is 1. The Morgan fingerprint density at radius 2 is 1.89 bits per heavy atom. The van der Waals surface area contributed by atoms with Crippen molar-refractivity contribution in [3.8, 4) is 11.5 Å². The number of carbonyl (C=O) groups is 1. The number of fused-ring (bicyclic) bond motifs is 1. The van der Waals surface area contributed by atoms with Gasteiger partial charge in [-0.15, -0.1) is 11.3 Å². The number of esters is 1. The second-order valence-corrected chi connectivity index (χ2v) is 10.7. The molecule has 0 N–H and O–H groups in total. The first kappa shape index (κ1) is 21.1. The van der Waals surface area contributed by atoms with Gasteiger partial charge in [0.05, 0.1) is 37.6 Å². The second-order valence-electron chi connectivity index (χ2n) is 6.13. The van der Waals surface area contributed by atoms with Gasteiger partial charge < -0.3 is 14.2 Å². The van der Waals surface area contributed by atoms with E-state index in [0.29, 0.717) is 23.5 Å². The molecule has 152 valence electrons. The average molecular weight is 490 g/mol. The van der Waals surface area contributed by atoms with E-state index in [1.54, 1.807) is 25.3 Å². The van der Waals surface area contributed by atoms with E-state index in [0.717, 1.165) is 20.7 Å². The Labute approximate surface area is 176 Å². The van der Waals surface area contributed by atoms with E-state index in [1.165, 1.54) is 18.5 Å². The molecule has 1 aromatic heterocycles. The van der Waals surface area contributed by atoms with Crippen LogP contribution in [0.25, 0.3) is 0 Å². The van der Waals surface area contributed by atoms with Crippen LogP contribution in [0.3, 0.4) is 0 Å². The monoisotopic (exact) mass is 489 g/mol. The minimum atomic E-state index is -3.78. The Morgan fingerprint density at radius 3 is 2.46 bits per heavy atom. The number of carbonyl (C=O) groups excluding carboxylic acids is 1. The van der Waals surface area contributed by atoms with Crippen LogP contribution < -0.4 is 9.47 Å². The van der Waals surface area contributed by atoms with E-state index < -0.39 is 22.0 Å². The topological polar surface area (TPSA) is 82.1 Å². The number of ether oxygens (including phenoxy) is 3. The van der Waals surface area contributed by atoms with Gasteiger partial charge in [-0.05, 0) is 57.7 Å². The van der Waals surface area contributed by atoms with Crippen LogP contribution in [0.5, 0.6) is 11.5 Å². The number of methoxy groups -OCH3 is 3. The number of hydrogen-bond acceptors (Lipinski definition) is 7. The van der Waals surface area contributed by atoms with Crippen molar-refractivity contribution in [2.24, 2.45) is 0 Å². The van der Waals surface area contributed by atoms with Gasteiger partial charge in [0.25, 0.3) is 10.0 Å². The summed E-state index contributed by atoms with van der Waals surface area (Å²) in [5, 5.41) is 0. The van der Waals surface area contributed by atoms with Crippen LogP contribution in [0.2, 0.25) is 0 Å². The van der Waals surface area contributed by atoms with Crippen molar-refractivity contribution in [2.45, 2.75) is 23.1 Å². The van der Waals surface area contributed by atoms with Crippen LogP contribution in [0.15, 0.2) is 32.3 Å². The minimum absolute atomic E-state index is 0.0925. The number of thiophene rings is 1. The molecule has 0 radical (unpaired) electrons.